The second-order valence-electron chi connectivity index (χ2n) is 6.16. The zero-order valence-electron chi connectivity index (χ0n) is 12.9. The summed E-state index contributed by atoms with van der Waals surface area (Å²) in [7, 11) is 0. The molecule has 7 heteroatoms. The maximum absolute atomic E-state index is 12.1. The third kappa shape index (κ3) is 3.26. The summed E-state index contributed by atoms with van der Waals surface area (Å²) >= 11 is 0. The van der Waals surface area contributed by atoms with E-state index in [1.807, 2.05) is 0 Å². The molecule has 23 heavy (non-hydrogen) atoms. The van der Waals surface area contributed by atoms with Gasteiger partial charge in [-0.25, -0.2) is 4.79 Å². The first-order valence-electron chi connectivity index (χ1n) is 8.00. The molecule has 0 aliphatic carbocycles. The molecule has 2 bridgehead atoms. The van der Waals surface area contributed by atoms with Gasteiger partial charge in [-0.3, -0.25) is 9.18 Å². The lowest BCUT2D eigenvalue weighted by atomic mass is 9.88. The van der Waals surface area contributed by atoms with Crippen molar-refractivity contribution in [2.45, 2.75) is 50.1 Å². The van der Waals surface area contributed by atoms with Crippen LogP contribution in [0.3, 0.4) is 0 Å². The summed E-state index contributed by atoms with van der Waals surface area (Å²) < 4.78 is 33.5. The van der Waals surface area contributed by atoms with Gasteiger partial charge >= 0.3 is 11.9 Å². The number of esters is 2. The number of hydrogen-bond acceptors (Lipinski definition) is 6. The van der Waals surface area contributed by atoms with Crippen molar-refractivity contribution in [1.29, 1.82) is 0 Å². The Morgan fingerprint density at radius 1 is 1.30 bits per heavy atom. The van der Waals surface area contributed by atoms with Gasteiger partial charge in [-0.15, -0.1) is 0 Å². The van der Waals surface area contributed by atoms with E-state index in [2.05, 4.69) is 6.58 Å². The predicted octanol–water partition coefficient (Wildman–Crippen LogP) is 1.32. The van der Waals surface area contributed by atoms with Crippen LogP contribution in [0, 0.1) is 5.92 Å². The molecule has 0 radical (unpaired) electrons. The Hall–Kier alpha value is -1.47. The Morgan fingerprint density at radius 2 is 2.13 bits per heavy atom. The van der Waals surface area contributed by atoms with Crippen molar-refractivity contribution in [1.82, 2.24) is 0 Å². The molecular formula is C16H21FO6. The lowest BCUT2D eigenvalue weighted by Crippen LogP contribution is -2.40. The molecule has 6 nitrogen and oxygen atoms in total. The molecule has 0 aromatic carbocycles. The maximum atomic E-state index is 12.1. The first kappa shape index (κ1) is 16.4. The fourth-order valence-electron chi connectivity index (χ4n) is 3.32. The van der Waals surface area contributed by atoms with Crippen LogP contribution >= 0.6 is 0 Å². The van der Waals surface area contributed by atoms with E-state index in [4.69, 9.17) is 18.9 Å². The van der Waals surface area contributed by atoms with Crippen molar-refractivity contribution in [2.75, 3.05) is 19.9 Å². The normalized spacial score (nSPS) is 33.8. The Bertz CT molecular complexity index is 493. The van der Waals surface area contributed by atoms with Crippen LogP contribution in [0.5, 0.6) is 0 Å². The van der Waals surface area contributed by atoms with Crippen LogP contribution in [0.4, 0.5) is 4.39 Å². The monoisotopic (exact) mass is 328 g/mol. The van der Waals surface area contributed by atoms with Gasteiger partial charge < -0.3 is 18.9 Å². The maximum Gasteiger partial charge on any atom is 0.336 e. The van der Waals surface area contributed by atoms with E-state index in [1.165, 1.54) is 0 Å². The molecule has 0 saturated carbocycles. The minimum Gasteiger partial charge on any atom is -0.455 e. The molecule has 0 aromatic rings. The molecule has 3 aliphatic rings. The van der Waals surface area contributed by atoms with Crippen LogP contribution < -0.4 is 0 Å². The minimum atomic E-state index is -0.561. The van der Waals surface area contributed by atoms with Gasteiger partial charge in [-0.1, -0.05) is 6.58 Å². The smallest absolute Gasteiger partial charge is 0.336 e. The Labute approximate surface area is 133 Å². The standard InChI is InChI=1S/C16H21FO6/c1-9(8-20-6-4-2-3-5-17)15(18)22-13-11-7-10-12(21-11)14(13)23-16(10)19/h10-14H,1-8H2. The highest BCUT2D eigenvalue weighted by Gasteiger charge is 2.65. The van der Waals surface area contributed by atoms with Gasteiger partial charge in [-0.05, 0) is 25.7 Å². The molecule has 5 unspecified atom stereocenters. The fourth-order valence-corrected chi connectivity index (χ4v) is 3.32. The summed E-state index contributed by atoms with van der Waals surface area (Å²) in [6.45, 7) is 3.86. The number of hydrogen-bond donors (Lipinski definition) is 0. The predicted molar refractivity (Wildman–Crippen MR) is 76.3 cm³/mol. The number of carbonyl (C=O) groups excluding carboxylic acids is 2. The van der Waals surface area contributed by atoms with Gasteiger partial charge in [0.15, 0.2) is 12.2 Å². The van der Waals surface area contributed by atoms with Gasteiger partial charge in [0.1, 0.15) is 6.10 Å². The first-order chi connectivity index (χ1) is 11.1. The quantitative estimate of drug-likeness (QED) is 0.361. The Balaban J connectivity index is 1.40. The van der Waals surface area contributed by atoms with Gasteiger partial charge in [0.2, 0.25) is 0 Å². The van der Waals surface area contributed by atoms with E-state index in [0.717, 1.165) is 12.8 Å². The molecule has 3 saturated heterocycles. The lowest BCUT2D eigenvalue weighted by molar-refractivity contribution is -0.157. The SMILES string of the molecule is C=C(COCCCCCF)C(=O)OC1C2CC3C(=O)OC1C3O2. The zero-order valence-corrected chi connectivity index (χ0v) is 12.9. The Kier molecular flexibility index (Phi) is 4.96. The van der Waals surface area contributed by atoms with Crippen LogP contribution in [-0.4, -0.2) is 56.2 Å². The van der Waals surface area contributed by atoms with E-state index < -0.39 is 18.2 Å². The summed E-state index contributed by atoms with van der Waals surface area (Å²) in [5.41, 5.74) is 0.208. The van der Waals surface area contributed by atoms with Crippen molar-refractivity contribution in [3.8, 4) is 0 Å². The molecule has 128 valence electrons. The Morgan fingerprint density at radius 3 is 2.91 bits per heavy atom. The summed E-state index contributed by atoms with van der Waals surface area (Å²) in [5.74, 6) is -1.04. The number of carbonyl (C=O) groups is 2. The molecular weight excluding hydrogens is 307 g/mol. The highest BCUT2D eigenvalue weighted by Crippen LogP contribution is 2.47. The molecule has 3 heterocycles. The topological polar surface area (TPSA) is 71.1 Å². The molecule has 0 N–H and O–H groups in total. The average Bonchev–Trinajstić information content (AvgIpc) is 3.15. The van der Waals surface area contributed by atoms with Crippen molar-refractivity contribution < 1.29 is 32.9 Å². The second-order valence-corrected chi connectivity index (χ2v) is 6.16. The first-order valence-corrected chi connectivity index (χ1v) is 8.00. The second kappa shape index (κ2) is 6.97. The highest BCUT2D eigenvalue weighted by molar-refractivity contribution is 5.88. The van der Waals surface area contributed by atoms with Crippen molar-refractivity contribution in [2.24, 2.45) is 5.92 Å². The van der Waals surface area contributed by atoms with E-state index in [1.54, 1.807) is 0 Å². The molecule has 0 aromatic heterocycles. The largest absolute Gasteiger partial charge is 0.455 e. The van der Waals surface area contributed by atoms with Crippen molar-refractivity contribution >= 4 is 11.9 Å². The average molecular weight is 328 g/mol. The molecule has 3 fully saturated rings. The number of alkyl halides is 1. The van der Waals surface area contributed by atoms with Gasteiger partial charge in [-0.2, -0.15) is 0 Å². The summed E-state index contributed by atoms with van der Waals surface area (Å²) in [6, 6.07) is 0. The van der Waals surface area contributed by atoms with Crippen LogP contribution in [0.25, 0.3) is 0 Å². The van der Waals surface area contributed by atoms with Crippen LogP contribution in [-0.2, 0) is 28.5 Å². The zero-order chi connectivity index (χ0) is 16.4. The number of rotatable bonds is 9. The van der Waals surface area contributed by atoms with Crippen molar-refractivity contribution in [3.05, 3.63) is 12.2 Å². The third-order valence-corrected chi connectivity index (χ3v) is 4.51. The number of unbranched alkanes of at least 4 members (excludes halogenated alkanes) is 2. The van der Waals surface area contributed by atoms with Gasteiger partial charge in [0.25, 0.3) is 0 Å². The van der Waals surface area contributed by atoms with Gasteiger partial charge in [0, 0.05) is 6.61 Å². The minimum absolute atomic E-state index is 0.0726. The van der Waals surface area contributed by atoms with Crippen LogP contribution in [0.2, 0.25) is 0 Å². The fraction of sp³-hybridized carbons (Fsp3) is 0.750. The van der Waals surface area contributed by atoms with E-state index in [-0.39, 0.29) is 42.9 Å². The molecule has 3 rings (SSSR count). The molecule has 3 aliphatic heterocycles. The van der Waals surface area contributed by atoms with Gasteiger partial charge in [0.05, 0.1) is 30.9 Å². The van der Waals surface area contributed by atoms with E-state index in [0.29, 0.717) is 19.4 Å². The van der Waals surface area contributed by atoms with E-state index >= 15 is 0 Å². The number of ether oxygens (including phenoxy) is 4. The molecule has 5 atom stereocenters. The van der Waals surface area contributed by atoms with E-state index in [9.17, 15) is 14.0 Å². The van der Waals surface area contributed by atoms with Crippen molar-refractivity contribution in [3.63, 3.8) is 0 Å². The van der Waals surface area contributed by atoms with Crippen LogP contribution in [0.1, 0.15) is 25.7 Å². The number of fused-ring (bicyclic) bond motifs is 1. The summed E-state index contributed by atoms with van der Waals surface area (Å²) in [4.78, 5) is 23.7. The molecule has 0 amide bonds. The number of halogens is 1. The summed E-state index contributed by atoms with van der Waals surface area (Å²) in [5, 5.41) is 0. The lowest BCUT2D eigenvalue weighted by Gasteiger charge is -2.22. The third-order valence-electron chi connectivity index (χ3n) is 4.51. The highest BCUT2D eigenvalue weighted by atomic mass is 19.1. The molecule has 0 spiro atoms. The van der Waals surface area contributed by atoms with Crippen LogP contribution in [0.15, 0.2) is 12.2 Å². The summed E-state index contributed by atoms with van der Waals surface area (Å²) in [6.07, 6.45) is 0.940.